The second kappa shape index (κ2) is 7.82. The first kappa shape index (κ1) is 14.6. The predicted octanol–water partition coefficient (Wildman–Crippen LogP) is 2.50. The van der Waals surface area contributed by atoms with Crippen molar-refractivity contribution in [2.75, 3.05) is 19.8 Å². The number of hydrogen-bond donors (Lipinski definition) is 2. The summed E-state index contributed by atoms with van der Waals surface area (Å²) in [6.07, 6.45) is -0.458. The molecule has 3 nitrogen and oxygen atoms in total. The lowest BCUT2D eigenvalue weighted by molar-refractivity contribution is 0.0416. The van der Waals surface area contributed by atoms with Crippen LogP contribution >= 0.6 is 15.9 Å². The monoisotopic (exact) mass is 301 g/mol. The summed E-state index contributed by atoms with van der Waals surface area (Å²) in [6.45, 7) is 5.54. The quantitative estimate of drug-likeness (QED) is 0.813. The Hall–Kier alpha value is -0.420. The largest absolute Gasteiger partial charge is 0.389 e. The topological polar surface area (TPSA) is 41.5 Å². The Balaban J connectivity index is 2.39. The van der Waals surface area contributed by atoms with Crippen LogP contribution in [0.1, 0.15) is 25.5 Å². The normalized spacial score (nSPS) is 14.6. The smallest absolute Gasteiger partial charge is 0.0897 e. The highest BCUT2D eigenvalue weighted by Gasteiger charge is 2.10. The van der Waals surface area contributed by atoms with E-state index in [1.165, 1.54) is 5.56 Å². The molecule has 96 valence electrons. The summed E-state index contributed by atoms with van der Waals surface area (Å²) in [4.78, 5) is 0. The summed E-state index contributed by atoms with van der Waals surface area (Å²) in [7, 11) is 0. The molecule has 0 heterocycles. The van der Waals surface area contributed by atoms with E-state index >= 15 is 0 Å². The highest BCUT2D eigenvalue weighted by atomic mass is 79.9. The molecule has 0 amide bonds. The van der Waals surface area contributed by atoms with Crippen LogP contribution in [0.25, 0.3) is 0 Å². The van der Waals surface area contributed by atoms with Gasteiger partial charge in [-0.05, 0) is 25.5 Å². The van der Waals surface area contributed by atoms with Gasteiger partial charge in [-0.15, -0.1) is 0 Å². The molecule has 4 heteroatoms. The second-order valence-corrected chi connectivity index (χ2v) is 4.82. The average Bonchev–Trinajstić information content (AvgIpc) is 2.34. The van der Waals surface area contributed by atoms with E-state index < -0.39 is 6.10 Å². The summed E-state index contributed by atoms with van der Waals surface area (Å²) in [5.41, 5.74) is 1.19. The third-order valence-electron chi connectivity index (χ3n) is 2.55. The molecule has 1 aromatic rings. The van der Waals surface area contributed by atoms with Crippen LogP contribution in [-0.2, 0) is 4.74 Å². The zero-order valence-corrected chi connectivity index (χ0v) is 11.9. The first-order chi connectivity index (χ1) is 8.15. The summed E-state index contributed by atoms with van der Waals surface area (Å²) >= 11 is 3.52. The van der Waals surface area contributed by atoms with Crippen LogP contribution < -0.4 is 5.32 Å². The fraction of sp³-hybridized carbons (Fsp3) is 0.538. The van der Waals surface area contributed by atoms with Crippen molar-refractivity contribution in [3.8, 4) is 0 Å². The fourth-order valence-electron chi connectivity index (χ4n) is 1.56. The van der Waals surface area contributed by atoms with Gasteiger partial charge in [-0.1, -0.05) is 34.1 Å². The van der Waals surface area contributed by atoms with Crippen molar-refractivity contribution in [3.05, 3.63) is 34.3 Å². The van der Waals surface area contributed by atoms with Gasteiger partial charge in [-0.25, -0.2) is 0 Å². The molecule has 0 radical (unpaired) electrons. The maximum absolute atomic E-state index is 9.65. The lowest BCUT2D eigenvalue weighted by Crippen LogP contribution is -2.32. The first-order valence-corrected chi connectivity index (χ1v) is 6.68. The summed E-state index contributed by atoms with van der Waals surface area (Å²) in [5, 5.41) is 12.9. The van der Waals surface area contributed by atoms with Crippen molar-refractivity contribution in [3.63, 3.8) is 0 Å². The minimum atomic E-state index is -0.458. The highest BCUT2D eigenvalue weighted by molar-refractivity contribution is 9.10. The molecule has 17 heavy (non-hydrogen) atoms. The highest BCUT2D eigenvalue weighted by Crippen LogP contribution is 2.22. The molecule has 0 aliphatic rings. The van der Waals surface area contributed by atoms with Crippen LogP contribution in [0, 0.1) is 0 Å². The van der Waals surface area contributed by atoms with Gasteiger partial charge in [0, 0.05) is 23.7 Å². The first-order valence-electron chi connectivity index (χ1n) is 5.88. The van der Waals surface area contributed by atoms with Crippen molar-refractivity contribution in [1.29, 1.82) is 0 Å². The van der Waals surface area contributed by atoms with E-state index in [0.717, 1.165) is 4.47 Å². The van der Waals surface area contributed by atoms with Crippen LogP contribution in [0.3, 0.4) is 0 Å². The molecule has 1 aromatic carbocycles. The average molecular weight is 302 g/mol. The third-order valence-corrected chi connectivity index (χ3v) is 3.27. The van der Waals surface area contributed by atoms with Crippen molar-refractivity contribution in [1.82, 2.24) is 5.32 Å². The standard InChI is InChI=1S/C13H20BrNO2/c1-3-17-9-11(16)8-15-10(2)12-6-4-5-7-13(12)14/h4-7,10-11,15-16H,3,8-9H2,1-2H3/t10-,11?/m0/s1. The van der Waals surface area contributed by atoms with Crippen LogP contribution in [0.4, 0.5) is 0 Å². The van der Waals surface area contributed by atoms with Crippen molar-refractivity contribution in [2.24, 2.45) is 0 Å². The zero-order chi connectivity index (χ0) is 12.7. The van der Waals surface area contributed by atoms with Gasteiger partial charge >= 0.3 is 0 Å². The van der Waals surface area contributed by atoms with Crippen LogP contribution in [-0.4, -0.2) is 31.0 Å². The Morgan fingerprint density at radius 3 is 2.76 bits per heavy atom. The van der Waals surface area contributed by atoms with Gasteiger partial charge in [0.2, 0.25) is 0 Å². The number of halogens is 1. The molecule has 1 unspecified atom stereocenters. The van der Waals surface area contributed by atoms with Gasteiger partial charge < -0.3 is 15.2 Å². The van der Waals surface area contributed by atoms with Crippen molar-refractivity contribution in [2.45, 2.75) is 26.0 Å². The molecule has 1 rings (SSSR count). The molecule has 2 atom stereocenters. The third kappa shape index (κ3) is 5.17. The van der Waals surface area contributed by atoms with Crippen molar-refractivity contribution >= 4 is 15.9 Å². The van der Waals surface area contributed by atoms with Crippen LogP contribution in [0.2, 0.25) is 0 Å². The molecule has 0 saturated heterocycles. The lowest BCUT2D eigenvalue weighted by Gasteiger charge is -2.18. The number of aliphatic hydroxyl groups is 1. The molecular formula is C13H20BrNO2. The summed E-state index contributed by atoms with van der Waals surface area (Å²) in [5.74, 6) is 0. The number of ether oxygens (including phenoxy) is 1. The SMILES string of the molecule is CCOCC(O)CN[C@@H](C)c1ccccc1Br. The van der Waals surface area contributed by atoms with E-state index in [2.05, 4.69) is 34.2 Å². The fourth-order valence-corrected chi connectivity index (χ4v) is 2.19. The molecule has 0 saturated carbocycles. The van der Waals surface area contributed by atoms with Gasteiger partial charge in [0.15, 0.2) is 0 Å². The Morgan fingerprint density at radius 2 is 2.12 bits per heavy atom. The Bertz CT molecular complexity index is 333. The molecule has 0 bridgehead atoms. The molecule has 0 spiro atoms. The summed E-state index contributed by atoms with van der Waals surface area (Å²) in [6, 6.07) is 8.28. The predicted molar refractivity (Wildman–Crippen MR) is 73.1 cm³/mol. The number of nitrogens with one attached hydrogen (secondary N) is 1. The number of hydrogen-bond acceptors (Lipinski definition) is 3. The Morgan fingerprint density at radius 1 is 1.41 bits per heavy atom. The Kier molecular flexibility index (Phi) is 6.73. The molecule has 0 fully saturated rings. The van der Waals surface area contributed by atoms with Gasteiger partial charge in [-0.2, -0.15) is 0 Å². The van der Waals surface area contributed by atoms with Gasteiger partial charge in [0.25, 0.3) is 0 Å². The van der Waals surface area contributed by atoms with E-state index in [1.54, 1.807) is 0 Å². The zero-order valence-electron chi connectivity index (χ0n) is 10.3. The summed E-state index contributed by atoms with van der Waals surface area (Å²) < 4.78 is 6.24. The van der Waals surface area contributed by atoms with Crippen LogP contribution in [0.15, 0.2) is 28.7 Å². The molecule has 0 aliphatic carbocycles. The van der Waals surface area contributed by atoms with Gasteiger partial charge in [0.1, 0.15) is 0 Å². The van der Waals surface area contributed by atoms with Gasteiger partial charge in [0.05, 0.1) is 12.7 Å². The number of benzene rings is 1. The Labute approximate surface area is 111 Å². The molecule has 2 N–H and O–H groups in total. The maximum atomic E-state index is 9.65. The van der Waals surface area contributed by atoms with Crippen molar-refractivity contribution < 1.29 is 9.84 Å². The lowest BCUT2D eigenvalue weighted by atomic mass is 10.1. The minimum absolute atomic E-state index is 0.196. The van der Waals surface area contributed by atoms with E-state index in [-0.39, 0.29) is 6.04 Å². The number of rotatable bonds is 7. The molecule has 0 aromatic heterocycles. The minimum Gasteiger partial charge on any atom is -0.389 e. The van der Waals surface area contributed by atoms with Crippen LogP contribution in [0.5, 0.6) is 0 Å². The van der Waals surface area contributed by atoms with Gasteiger partial charge in [-0.3, -0.25) is 0 Å². The van der Waals surface area contributed by atoms with E-state index in [0.29, 0.717) is 19.8 Å². The van der Waals surface area contributed by atoms with E-state index in [9.17, 15) is 5.11 Å². The van der Waals surface area contributed by atoms with E-state index in [4.69, 9.17) is 4.74 Å². The maximum Gasteiger partial charge on any atom is 0.0897 e. The number of aliphatic hydroxyl groups excluding tert-OH is 1. The second-order valence-electron chi connectivity index (χ2n) is 3.96. The molecule has 0 aliphatic heterocycles. The molecular weight excluding hydrogens is 282 g/mol. The van der Waals surface area contributed by atoms with E-state index in [1.807, 2.05) is 25.1 Å².